The Balaban J connectivity index is 1.04. The van der Waals surface area contributed by atoms with Gasteiger partial charge in [-0.05, 0) is 110 Å². The smallest absolute Gasteiger partial charge is 0.0541 e. The maximum absolute atomic E-state index is 2.41. The van der Waals surface area contributed by atoms with Gasteiger partial charge < -0.3 is 9.47 Å². The van der Waals surface area contributed by atoms with Crippen molar-refractivity contribution in [2.45, 2.75) is 0 Å². The fraction of sp³-hybridized carbons (Fsp3) is 0. The lowest BCUT2D eigenvalue weighted by atomic mass is 9.94. The van der Waals surface area contributed by atoms with Gasteiger partial charge >= 0.3 is 0 Å². The standard InChI is InChI=1S/C56H38N2/c1-2-14-39(15-3-1)43-18-12-20-47(37-43)57(56-35-34-49(50-22-6-7-23-51(50)56)45-29-28-40-16-4-5-17-42(40)36-45)46-32-30-41(31-33-46)44-19-13-21-48(38-44)58-54-26-10-8-24-52(54)53-25-9-11-27-55(53)58/h1-38H. The van der Waals surface area contributed by atoms with Gasteiger partial charge in [-0.15, -0.1) is 0 Å². The van der Waals surface area contributed by atoms with Crippen molar-refractivity contribution >= 4 is 60.4 Å². The minimum atomic E-state index is 1.09. The molecule has 2 heteroatoms. The Hall–Kier alpha value is -7.68. The lowest BCUT2D eigenvalue weighted by Gasteiger charge is -2.28. The van der Waals surface area contributed by atoms with Crippen LogP contribution in [0.2, 0.25) is 0 Å². The van der Waals surface area contributed by atoms with Gasteiger partial charge in [0.25, 0.3) is 0 Å². The summed E-state index contributed by atoms with van der Waals surface area (Å²) in [6, 6.07) is 83.7. The maximum atomic E-state index is 2.41. The molecule has 0 aliphatic heterocycles. The van der Waals surface area contributed by atoms with Crippen LogP contribution >= 0.6 is 0 Å². The molecule has 2 nitrogen and oxygen atoms in total. The van der Waals surface area contributed by atoms with E-state index in [1.807, 2.05) is 0 Å². The van der Waals surface area contributed by atoms with Gasteiger partial charge in [-0.1, -0.05) is 170 Å². The molecule has 0 amide bonds. The Labute approximate surface area is 338 Å². The second-order valence-corrected chi connectivity index (χ2v) is 15.0. The van der Waals surface area contributed by atoms with E-state index < -0.39 is 0 Å². The molecule has 58 heavy (non-hydrogen) atoms. The first kappa shape index (κ1) is 33.6. The normalized spacial score (nSPS) is 11.4. The zero-order chi connectivity index (χ0) is 38.4. The van der Waals surface area contributed by atoms with Gasteiger partial charge in [0, 0.05) is 33.2 Å². The van der Waals surface area contributed by atoms with E-state index in [0.29, 0.717) is 0 Å². The number of para-hydroxylation sites is 2. The molecule has 11 rings (SSSR count). The molecule has 0 atom stereocenters. The van der Waals surface area contributed by atoms with Crippen molar-refractivity contribution in [2.24, 2.45) is 0 Å². The predicted molar refractivity (Wildman–Crippen MR) is 247 cm³/mol. The molecule has 0 bridgehead atoms. The zero-order valence-corrected chi connectivity index (χ0v) is 31.8. The largest absolute Gasteiger partial charge is 0.310 e. The van der Waals surface area contributed by atoms with E-state index in [1.165, 1.54) is 76.7 Å². The van der Waals surface area contributed by atoms with E-state index in [9.17, 15) is 0 Å². The molecule has 0 radical (unpaired) electrons. The fourth-order valence-electron chi connectivity index (χ4n) is 8.80. The number of rotatable bonds is 7. The summed E-state index contributed by atoms with van der Waals surface area (Å²) in [5.74, 6) is 0. The summed E-state index contributed by atoms with van der Waals surface area (Å²) in [6.45, 7) is 0. The van der Waals surface area contributed by atoms with Crippen LogP contribution in [0.3, 0.4) is 0 Å². The molecule has 1 heterocycles. The van der Waals surface area contributed by atoms with E-state index in [1.54, 1.807) is 0 Å². The van der Waals surface area contributed by atoms with Crippen molar-refractivity contribution in [1.82, 2.24) is 4.57 Å². The number of hydrogen-bond acceptors (Lipinski definition) is 1. The SMILES string of the molecule is c1ccc(-c2cccc(N(c3ccc(-c4cccc(-n5c6ccccc6c6ccccc65)c4)cc3)c3ccc(-c4ccc5ccccc5c4)c4ccccc34)c2)cc1. The first-order valence-corrected chi connectivity index (χ1v) is 19.9. The molecular weight excluding hydrogens is 701 g/mol. The van der Waals surface area contributed by atoms with Crippen molar-refractivity contribution < 1.29 is 0 Å². The fourth-order valence-corrected chi connectivity index (χ4v) is 8.80. The average molecular weight is 739 g/mol. The maximum Gasteiger partial charge on any atom is 0.0541 e. The van der Waals surface area contributed by atoms with Gasteiger partial charge in [0.15, 0.2) is 0 Å². The zero-order valence-electron chi connectivity index (χ0n) is 31.8. The minimum absolute atomic E-state index is 1.09. The Bertz CT molecular complexity index is 3230. The van der Waals surface area contributed by atoms with Crippen LogP contribution in [0.1, 0.15) is 0 Å². The molecule has 0 aliphatic rings. The van der Waals surface area contributed by atoms with E-state index in [0.717, 1.165) is 22.7 Å². The highest BCUT2D eigenvalue weighted by atomic mass is 15.1. The molecule has 0 N–H and O–H groups in total. The molecule has 1 aromatic heterocycles. The minimum Gasteiger partial charge on any atom is -0.310 e. The average Bonchev–Trinajstić information content (AvgIpc) is 3.64. The topological polar surface area (TPSA) is 8.17 Å². The Kier molecular flexibility index (Phi) is 8.19. The molecular formula is C56H38N2. The summed E-state index contributed by atoms with van der Waals surface area (Å²) in [6.07, 6.45) is 0. The summed E-state index contributed by atoms with van der Waals surface area (Å²) in [5, 5.41) is 7.44. The van der Waals surface area contributed by atoms with Crippen LogP contribution in [0.25, 0.3) is 82.4 Å². The summed E-state index contributed by atoms with van der Waals surface area (Å²) in [7, 11) is 0. The Morgan fingerprint density at radius 2 is 0.862 bits per heavy atom. The van der Waals surface area contributed by atoms with Crippen molar-refractivity contribution in [3.05, 3.63) is 231 Å². The van der Waals surface area contributed by atoms with Crippen LogP contribution in [0, 0.1) is 0 Å². The van der Waals surface area contributed by atoms with Gasteiger partial charge in [0.05, 0.1) is 16.7 Å². The van der Waals surface area contributed by atoms with Gasteiger partial charge in [0.1, 0.15) is 0 Å². The van der Waals surface area contributed by atoms with Crippen LogP contribution in [-0.2, 0) is 0 Å². The van der Waals surface area contributed by atoms with Crippen LogP contribution < -0.4 is 4.90 Å². The highest BCUT2D eigenvalue weighted by Crippen LogP contribution is 2.44. The second kappa shape index (κ2) is 14.1. The van der Waals surface area contributed by atoms with Crippen molar-refractivity contribution in [1.29, 1.82) is 0 Å². The third kappa shape index (κ3) is 5.82. The molecule has 0 fully saturated rings. The van der Waals surface area contributed by atoms with Gasteiger partial charge in [-0.3, -0.25) is 0 Å². The lowest BCUT2D eigenvalue weighted by molar-refractivity contribution is 1.18. The molecule has 0 saturated heterocycles. The van der Waals surface area contributed by atoms with E-state index in [4.69, 9.17) is 0 Å². The molecule has 10 aromatic carbocycles. The van der Waals surface area contributed by atoms with Crippen molar-refractivity contribution in [3.8, 4) is 39.1 Å². The van der Waals surface area contributed by atoms with Gasteiger partial charge in [-0.25, -0.2) is 0 Å². The van der Waals surface area contributed by atoms with Crippen LogP contribution in [-0.4, -0.2) is 4.57 Å². The third-order valence-electron chi connectivity index (χ3n) is 11.6. The number of anilines is 3. The van der Waals surface area contributed by atoms with Crippen molar-refractivity contribution in [2.75, 3.05) is 4.90 Å². The predicted octanol–water partition coefficient (Wildman–Crippen LogP) is 15.6. The monoisotopic (exact) mass is 738 g/mol. The number of hydrogen-bond donors (Lipinski definition) is 0. The number of nitrogens with zero attached hydrogens (tertiary/aromatic N) is 2. The number of fused-ring (bicyclic) bond motifs is 5. The van der Waals surface area contributed by atoms with Crippen LogP contribution in [0.15, 0.2) is 231 Å². The second-order valence-electron chi connectivity index (χ2n) is 15.0. The van der Waals surface area contributed by atoms with Crippen LogP contribution in [0.4, 0.5) is 17.1 Å². The molecule has 0 saturated carbocycles. The van der Waals surface area contributed by atoms with Gasteiger partial charge in [-0.2, -0.15) is 0 Å². The van der Waals surface area contributed by atoms with E-state index in [-0.39, 0.29) is 0 Å². The van der Waals surface area contributed by atoms with Gasteiger partial charge in [0.2, 0.25) is 0 Å². The van der Waals surface area contributed by atoms with E-state index >= 15 is 0 Å². The number of aromatic nitrogens is 1. The quantitative estimate of drug-likeness (QED) is 0.158. The molecule has 11 aromatic rings. The Morgan fingerprint density at radius 3 is 1.62 bits per heavy atom. The first-order chi connectivity index (χ1) is 28.8. The summed E-state index contributed by atoms with van der Waals surface area (Å²) >= 11 is 0. The molecule has 0 unspecified atom stereocenters. The van der Waals surface area contributed by atoms with Crippen LogP contribution in [0.5, 0.6) is 0 Å². The lowest BCUT2D eigenvalue weighted by Crippen LogP contribution is -2.10. The summed E-state index contributed by atoms with van der Waals surface area (Å²) in [4.78, 5) is 2.41. The summed E-state index contributed by atoms with van der Waals surface area (Å²) in [5.41, 5.74) is 14.1. The molecule has 272 valence electrons. The van der Waals surface area contributed by atoms with E-state index in [2.05, 4.69) is 240 Å². The highest BCUT2D eigenvalue weighted by molar-refractivity contribution is 6.10. The van der Waals surface area contributed by atoms with Crippen molar-refractivity contribution in [3.63, 3.8) is 0 Å². The Morgan fingerprint density at radius 1 is 0.293 bits per heavy atom. The molecule has 0 spiro atoms. The third-order valence-corrected chi connectivity index (χ3v) is 11.6. The highest BCUT2D eigenvalue weighted by Gasteiger charge is 2.19. The first-order valence-electron chi connectivity index (χ1n) is 19.9. The molecule has 0 aliphatic carbocycles. The number of benzene rings is 10. The summed E-state index contributed by atoms with van der Waals surface area (Å²) < 4.78 is 2.39.